The van der Waals surface area contributed by atoms with E-state index in [1.54, 1.807) is 12.1 Å². The van der Waals surface area contributed by atoms with E-state index in [9.17, 15) is 18.0 Å². The SMILES string of the molecule is CCOC(=O)/C=C(/Nc1ccccc1OC)C(F)(F)F. The number of halogens is 3. The number of anilines is 1. The van der Waals surface area contributed by atoms with Crippen molar-refractivity contribution < 1.29 is 27.4 Å². The summed E-state index contributed by atoms with van der Waals surface area (Å²) in [6, 6.07) is 6.07. The summed E-state index contributed by atoms with van der Waals surface area (Å²) in [7, 11) is 1.34. The first-order valence-corrected chi connectivity index (χ1v) is 5.74. The van der Waals surface area contributed by atoms with Crippen LogP contribution in [0.5, 0.6) is 5.75 Å². The summed E-state index contributed by atoms with van der Waals surface area (Å²) in [6.07, 6.45) is -4.34. The lowest BCUT2D eigenvalue weighted by molar-refractivity contribution is -0.138. The summed E-state index contributed by atoms with van der Waals surface area (Å²) in [5.74, 6) is -0.839. The van der Waals surface area contributed by atoms with Gasteiger partial charge in [-0.2, -0.15) is 13.2 Å². The first-order chi connectivity index (χ1) is 9.38. The lowest BCUT2D eigenvalue weighted by Crippen LogP contribution is -2.21. The smallest absolute Gasteiger partial charge is 0.431 e. The molecule has 0 heterocycles. The molecule has 0 bridgehead atoms. The number of allylic oxidation sites excluding steroid dienone is 1. The van der Waals surface area contributed by atoms with E-state index in [4.69, 9.17) is 4.74 Å². The molecule has 4 nitrogen and oxygen atoms in total. The molecule has 0 radical (unpaired) electrons. The highest BCUT2D eigenvalue weighted by Gasteiger charge is 2.35. The minimum Gasteiger partial charge on any atom is -0.495 e. The maximum atomic E-state index is 12.9. The van der Waals surface area contributed by atoms with Crippen LogP contribution in [0, 0.1) is 0 Å². The minimum absolute atomic E-state index is 0.00483. The molecule has 0 aliphatic heterocycles. The summed E-state index contributed by atoms with van der Waals surface area (Å²) in [4.78, 5) is 11.2. The normalized spacial score (nSPS) is 11.9. The molecule has 1 aromatic carbocycles. The Morgan fingerprint density at radius 1 is 1.35 bits per heavy atom. The van der Waals surface area contributed by atoms with Gasteiger partial charge in [0.05, 0.1) is 25.5 Å². The maximum absolute atomic E-state index is 12.9. The minimum atomic E-state index is -4.71. The summed E-state index contributed by atoms with van der Waals surface area (Å²) in [5, 5.41) is 2.14. The van der Waals surface area contributed by atoms with Crippen molar-refractivity contribution in [2.24, 2.45) is 0 Å². The molecule has 1 rings (SSSR count). The van der Waals surface area contributed by atoms with Gasteiger partial charge in [0.1, 0.15) is 11.4 Å². The Hall–Kier alpha value is -2.18. The largest absolute Gasteiger partial charge is 0.495 e. The van der Waals surface area contributed by atoms with Gasteiger partial charge < -0.3 is 14.8 Å². The molecule has 1 aromatic rings. The molecular formula is C13H14F3NO3. The van der Waals surface area contributed by atoms with Crippen molar-refractivity contribution >= 4 is 11.7 Å². The highest BCUT2D eigenvalue weighted by Crippen LogP contribution is 2.31. The molecule has 0 spiro atoms. The van der Waals surface area contributed by atoms with Gasteiger partial charge in [-0.15, -0.1) is 0 Å². The van der Waals surface area contributed by atoms with Crippen LogP contribution >= 0.6 is 0 Å². The zero-order chi connectivity index (χ0) is 15.2. The molecule has 0 saturated heterocycles. The Morgan fingerprint density at radius 2 is 2.00 bits per heavy atom. The number of benzene rings is 1. The number of hydrogen-bond donors (Lipinski definition) is 1. The fourth-order valence-corrected chi connectivity index (χ4v) is 1.38. The molecule has 0 aliphatic carbocycles. The molecule has 0 aromatic heterocycles. The number of hydrogen-bond acceptors (Lipinski definition) is 4. The molecule has 0 amide bonds. The van der Waals surface area contributed by atoms with Crippen LogP contribution in [-0.2, 0) is 9.53 Å². The van der Waals surface area contributed by atoms with Gasteiger partial charge in [-0.05, 0) is 19.1 Å². The van der Waals surface area contributed by atoms with Gasteiger partial charge >= 0.3 is 12.1 Å². The van der Waals surface area contributed by atoms with E-state index in [2.05, 4.69) is 10.1 Å². The number of rotatable bonds is 5. The van der Waals surface area contributed by atoms with Crippen molar-refractivity contribution in [1.82, 2.24) is 0 Å². The molecular weight excluding hydrogens is 275 g/mol. The van der Waals surface area contributed by atoms with Crippen molar-refractivity contribution in [3.8, 4) is 5.75 Å². The average Bonchev–Trinajstić information content (AvgIpc) is 2.37. The molecule has 20 heavy (non-hydrogen) atoms. The Morgan fingerprint density at radius 3 is 2.55 bits per heavy atom. The maximum Gasteiger partial charge on any atom is 0.431 e. The number of para-hydroxylation sites is 2. The molecule has 7 heteroatoms. The number of alkyl halides is 3. The molecule has 0 atom stereocenters. The first kappa shape index (κ1) is 15.9. The number of carbonyl (C=O) groups excluding carboxylic acids is 1. The summed E-state index contributed by atoms with van der Waals surface area (Å²) in [6.45, 7) is 1.50. The van der Waals surface area contributed by atoms with Crippen LogP contribution in [-0.4, -0.2) is 25.9 Å². The number of esters is 1. The van der Waals surface area contributed by atoms with Crippen molar-refractivity contribution in [3.63, 3.8) is 0 Å². The van der Waals surface area contributed by atoms with Gasteiger partial charge in [-0.1, -0.05) is 12.1 Å². The monoisotopic (exact) mass is 289 g/mol. The second-order valence-corrected chi connectivity index (χ2v) is 3.63. The van der Waals surface area contributed by atoms with Gasteiger partial charge in [0, 0.05) is 0 Å². The Labute approximate surface area is 114 Å². The van der Waals surface area contributed by atoms with Gasteiger partial charge in [0.15, 0.2) is 0 Å². The van der Waals surface area contributed by atoms with Crippen molar-refractivity contribution in [2.75, 3.05) is 19.0 Å². The fourth-order valence-electron chi connectivity index (χ4n) is 1.38. The van der Waals surface area contributed by atoms with Gasteiger partial charge in [-0.3, -0.25) is 0 Å². The lowest BCUT2D eigenvalue weighted by atomic mass is 10.2. The molecule has 110 valence electrons. The third kappa shape index (κ3) is 4.49. The third-order valence-corrected chi connectivity index (χ3v) is 2.23. The number of ether oxygens (including phenoxy) is 2. The third-order valence-electron chi connectivity index (χ3n) is 2.23. The van der Waals surface area contributed by atoms with E-state index in [0.717, 1.165) is 0 Å². The lowest BCUT2D eigenvalue weighted by Gasteiger charge is -2.16. The summed E-state index contributed by atoms with van der Waals surface area (Å²) >= 11 is 0. The van der Waals surface area contributed by atoms with Crippen molar-refractivity contribution in [2.45, 2.75) is 13.1 Å². The Bertz CT molecular complexity index is 498. The van der Waals surface area contributed by atoms with Crippen LogP contribution in [0.25, 0.3) is 0 Å². The predicted molar refractivity (Wildman–Crippen MR) is 67.4 cm³/mol. The topological polar surface area (TPSA) is 47.6 Å². The van der Waals surface area contributed by atoms with Crippen LogP contribution in [0.4, 0.5) is 18.9 Å². The standard InChI is InChI=1S/C13H14F3NO3/c1-3-20-12(18)8-11(13(14,15)16)17-9-6-4-5-7-10(9)19-2/h4-8,17H,3H2,1-2H3/b11-8+. The number of carbonyl (C=O) groups is 1. The van der Waals surface area contributed by atoms with Crippen LogP contribution in [0.1, 0.15) is 6.92 Å². The van der Waals surface area contributed by atoms with E-state index < -0.39 is 17.8 Å². The highest BCUT2D eigenvalue weighted by atomic mass is 19.4. The average molecular weight is 289 g/mol. The van der Waals surface area contributed by atoms with Crippen molar-refractivity contribution in [3.05, 3.63) is 36.0 Å². The van der Waals surface area contributed by atoms with Crippen LogP contribution in [0.3, 0.4) is 0 Å². The van der Waals surface area contributed by atoms with Gasteiger partial charge in [0.25, 0.3) is 0 Å². The van der Waals surface area contributed by atoms with E-state index in [0.29, 0.717) is 6.08 Å². The summed E-state index contributed by atoms with van der Waals surface area (Å²) in [5.41, 5.74) is -1.12. The molecule has 0 saturated carbocycles. The van der Waals surface area contributed by atoms with Crippen LogP contribution in [0.2, 0.25) is 0 Å². The predicted octanol–water partition coefficient (Wildman–Crippen LogP) is 3.12. The van der Waals surface area contributed by atoms with Crippen molar-refractivity contribution in [1.29, 1.82) is 0 Å². The fraction of sp³-hybridized carbons (Fsp3) is 0.308. The van der Waals surface area contributed by atoms with Gasteiger partial charge in [0.2, 0.25) is 0 Å². The number of nitrogens with one attached hydrogen (secondary N) is 1. The Balaban J connectivity index is 3.05. The zero-order valence-electron chi connectivity index (χ0n) is 11.0. The zero-order valence-corrected chi connectivity index (χ0v) is 11.0. The second kappa shape index (κ2) is 6.83. The van der Waals surface area contributed by atoms with E-state index >= 15 is 0 Å². The van der Waals surface area contributed by atoms with Crippen LogP contribution < -0.4 is 10.1 Å². The second-order valence-electron chi connectivity index (χ2n) is 3.63. The molecule has 0 fully saturated rings. The summed E-state index contributed by atoms with van der Waals surface area (Å²) < 4.78 is 48.0. The highest BCUT2D eigenvalue weighted by molar-refractivity contribution is 5.84. The van der Waals surface area contributed by atoms with E-state index in [1.165, 1.54) is 26.2 Å². The van der Waals surface area contributed by atoms with E-state index in [-0.39, 0.29) is 18.0 Å². The Kier molecular flexibility index (Phi) is 5.42. The molecule has 1 N–H and O–H groups in total. The molecule has 0 aliphatic rings. The van der Waals surface area contributed by atoms with Gasteiger partial charge in [-0.25, -0.2) is 4.79 Å². The first-order valence-electron chi connectivity index (χ1n) is 5.74. The quantitative estimate of drug-likeness (QED) is 0.668. The number of methoxy groups -OCH3 is 1. The van der Waals surface area contributed by atoms with Crippen LogP contribution in [0.15, 0.2) is 36.0 Å². The van der Waals surface area contributed by atoms with E-state index in [1.807, 2.05) is 0 Å². The molecule has 0 unspecified atom stereocenters.